The molecule has 4 N–H and O–H groups in total. The minimum absolute atomic E-state index is 0. The number of hydrogen-bond donors (Lipinski definition) is 2. The maximum Gasteiger partial charge on any atom is 0.0912 e. The minimum atomic E-state index is 0. The van der Waals surface area contributed by atoms with E-state index in [1.54, 1.807) is 0 Å². The summed E-state index contributed by atoms with van der Waals surface area (Å²) in [5, 5.41) is 0. The normalized spacial score (nSPS) is 16.8. The van der Waals surface area contributed by atoms with Gasteiger partial charge in [0.25, 0.3) is 0 Å². The topological polar surface area (TPSA) is 55.3 Å². The Hall–Kier alpha value is -0.390. The van der Waals surface area contributed by atoms with Gasteiger partial charge in [-0.05, 0) is 43.1 Å². The van der Waals surface area contributed by atoms with Crippen LogP contribution in [0.5, 0.6) is 0 Å². The number of aryl methyl sites for hydroxylation is 1. The SMILES string of the molecule is C[N+]1(C)CCN(CCCc2cc(N)ccc2N)CC1.Cl.Cl.[Cl-]. The van der Waals surface area contributed by atoms with E-state index >= 15 is 0 Å². The van der Waals surface area contributed by atoms with Crippen molar-refractivity contribution in [3.05, 3.63) is 23.8 Å². The van der Waals surface area contributed by atoms with Crippen LogP contribution < -0.4 is 23.9 Å². The Labute approximate surface area is 153 Å². The van der Waals surface area contributed by atoms with Gasteiger partial charge in [0.2, 0.25) is 0 Å². The van der Waals surface area contributed by atoms with Gasteiger partial charge in [-0.15, -0.1) is 24.8 Å². The summed E-state index contributed by atoms with van der Waals surface area (Å²) in [6, 6.07) is 5.78. The lowest BCUT2D eigenvalue weighted by molar-refractivity contribution is -0.894. The highest BCUT2D eigenvalue weighted by atomic mass is 35.5. The third kappa shape index (κ3) is 7.25. The fraction of sp³-hybridized carbons (Fsp3) is 0.600. The number of hydrogen-bond acceptors (Lipinski definition) is 3. The Balaban J connectivity index is 0. The Morgan fingerprint density at radius 3 is 2.27 bits per heavy atom. The number of rotatable bonds is 4. The molecule has 22 heavy (non-hydrogen) atoms. The molecule has 2 rings (SSSR count). The first-order chi connectivity index (χ1) is 8.96. The molecule has 1 aromatic rings. The van der Waals surface area contributed by atoms with E-state index in [0.717, 1.165) is 35.2 Å². The van der Waals surface area contributed by atoms with Gasteiger partial charge >= 0.3 is 0 Å². The Morgan fingerprint density at radius 1 is 1.09 bits per heavy atom. The van der Waals surface area contributed by atoms with E-state index in [2.05, 4.69) is 19.0 Å². The van der Waals surface area contributed by atoms with Crippen LogP contribution >= 0.6 is 24.8 Å². The Kier molecular flexibility index (Phi) is 11.3. The minimum Gasteiger partial charge on any atom is -1.00 e. The number of nitrogen functional groups attached to an aromatic ring is 2. The summed E-state index contributed by atoms with van der Waals surface area (Å²) in [6.45, 7) is 6.08. The zero-order chi connectivity index (χ0) is 13.9. The number of benzene rings is 1. The van der Waals surface area contributed by atoms with E-state index in [0.29, 0.717) is 0 Å². The van der Waals surface area contributed by atoms with Gasteiger partial charge in [-0.25, -0.2) is 0 Å². The fourth-order valence-electron chi connectivity index (χ4n) is 2.61. The van der Waals surface area contributed by atoms with Crippen LogP contribution in [0.25, 0.3) is 0 Å². The highest BCUT2D eigenvalue weighted by Crippen LogP contribution is 2.17. The first kappa shape index (κ1) is 23.9. The summed E-state index contributed by atoms with van der Waals surface area (Å²) < 4.78 is 1.15. The first-order valence-corrected chi connectivity index (χ1v) is 7.14. The second-order valence-corrected chi connectivity index (χ2v) is 6.29. The molecule has 0 aliphatic carbocycles. The van der Waals surface area contributed by atoms with E-state index in [1.807, 2.05) is 18.2 Å². The summed E-state index contributed by atoms with van der Waals surface area (Å²) >= 11 is 0. The van der Waals surface area contributed by atoms with E-state index in [4.69, 9.17) is 11.5 Å². The van der Waals surface area contributed by atoms with Crippen LogP contribution in [0.3, 0.4) is 0 Å². The molecule has 0 spiro atoms. The molecule has 0 amide bonds. The van der Waals surface area contributed by atoms with Crippen molar-refractivity contribution in [2.75, 3.05) is 58.3 Å². The second kappa shape index (κ2) is 10.4. The molecular formula is C15H29Cl3N4. The standard InChI is InChI=1S/C15H27N4.3ClH/c1-19(2)10-8-18(9-11-19)7-3-4-13-12-14(16)5-6-15(13)17;;;/h5-6,12H,3-4,7-11,16-17H2,1-2H3;3*1H/q+1;;;/p-1. The zero-order valence-corrected chi connectivity index (χ0v) is 15.8. The molecule has 1 saturated heterocycles. The first-order valence-electron chi connectivity index (χ1n) is 7.14. The molecule has 4 nitrogen and oxygen atoms in total. The third-order valence-electron chi connectivity index (χ3n) is 4.13. The van der Waals surface area contributed by atoms with Gasteiger partial charge in [-0.1, -0.05) is 0 Å². The van der Waals surface area contributed by atoms with Gasteiger partial charge < -0.3 is 28.4 Å². The van der Waals surface area contributed by atoms with Gasteiger partial charge in [-0.3, -0.25) is 4.90 Å². The van der Waals surface area contributed by atoms with Crippen LogP contribution in [0.4, 0.5) is 11.4 Å². The van der Waals surface area contributed by atoms with Crippen LogP contribution in [-0.4, -0.2) is 56.2 Å². The van der Waals surface area contributed by atoms with Crippen molar-refractivity contribution in [2.45, 2.75) is 12.8 Å². The summed E-state index contributed by atoms with van der Waals surface area (Å²) in [5.41, 5.74) is 14.6. The zero-order valence-electron chi connectivity index (χ0n) is 13.4. The predicted octanol–water partition coefficient (Wildman–Crippen LogP) is -0.977. The number of piperazine rings is 1. The van der Waals surface area contributed by atoms with Crippen molar-refractivity contribution in [3.8, 4) is 0 Å². The van der Waals surface area contributed by atoms with Crippen LogP contribution in [-0.2, 0) is 6.42 Å². The molecule has 0 aromatic heterocycles. The Bertz CT molecular complexity index is 431. The van der Waals surface area contributed by atoms with Crippen molar-refractivity contribution in [2.24, 2.45) is 0 Å². The molecule has 1 heterocycles. The lowest BCUT2D eigenvalue weighted by Gasteiger charge is -2.39. The molecule has 1 aliphatic heterocycles. The van der Waals surface area contributed by atoms with Crippen molar-refractivity contribution >= 4 is 36.2 Å². The highest BCUT2D eigenvalue weighted by molar-refractivity contribution is 5.85. The maximum absolute atomic E-state index is 5.97. The van der Waals surface area contributed by atoms with Crippen molar-refractivity contribution < 1.29 is 16.9 Å². The summed E-state index contributed by atoms with van der Waals surface area (Å²) in [7, 11) is 4.62. The summed E-state index contributed by atoms with van der Waals surface area (Å²) in [5.74, 6) is 0. The molecule has 0 unspecified atom stereocenters. The second-order valence-electron chi connectivity index (χ2n) is 6.29. The van der Waals surface area contributed by atoms with E-state index in [1.165, 1.54) is 31.7 Å². The molecule has 1 fully saturated rings. The maximum atomic E-state index is 5.97. The molecule has 1 aliphatic rings. The van der Waals surface area contributed by atoms with Crippen LogP contribution in [0.2, 0.25) is 0 Å². The third-order valence-corrected chi connectivity index (χ3v) is 4.13. The lowest BCUT2D eigenvalue weighted by atomic mass is 10.1. The number of nitrogens with zero attached hydrogens (tertiary/aromatic N) is 2. The average Bonchev–Trinajstić information content (AvgIpc) is 2.35. The summed E-state index contributed by atoms with van der Waals surface area (Å²) in [6.07, 6.45) is 2.17. The van der Waals surface area contributed by atoms with E-state index in [9.17, 15) is 0 Å². The van der Waals surface area contributed by atoms with Crippen LogP contribution in [0.1, 0.15) is 12.0 Å². The molecule has 0 bridgehead atoms. The molecule has 0 radical (unpaired) electrons. The molecule has 1 aromatic carbocycles. The van der Waals surface area contributed by atoms with E-state index < -0.39 is 0 Å². The molecule has 130 valence electrons. The molecule has 0 atom stereocenters. The van der Waals surface area contributed by atoms with Gasteiger partial charge in [0, 0.05) is 24.5 Å². The molecule has 0 saturated carbocycles. The van der Waals surface area contributed by atoms with Crippen molar-refractivity contribution in [1.82, 2.24) is 4.90 Å². The van der Waals surface area contributed by atoms with Gasteiger partial charge in [0.1, 0.15) is 0 Å². The van der Waals surface area contributed by atoms with Crippen LogP contribution in [0, 0.1) is 0 Å². The monoisotopic (exact) mass is 370 g/mol. The van der Waals surface area contributed by atoms with Crippen molar-refractivity contribution in [1.29, 1.82) is 0 Å². The average molecular weight is 372 g/mol. The lowest BCUT2D eigenvalue weighted by Crippen LogP contribution is -3.00. The number of quaternary nitrogens is 1. The summed E-state index contributed by atoms with van der Waals surface area (Å²) in [4.78, 5) is 2.56. The van der Waals surface area contributed by atoms with Crippen LogP contribution in [0.15, 0.2) is 18.2 Å². The van der Waals surface area contributed by atoms with Gasteiger partial charge in [0.15, 0.2) is 0 Å². The van der Waals surface area contributed by atoms with Gasteiger partial charge in [0.05, 0.1) is 27.2 Å². The smallest absolute Gasteiger partial charge is 0.0912 e. The number of halogens is 3. The number of likely N-dealkylation sites (N-methyl/N-ethyl adjacent to an activating group) is 1. The largest absolute Gasteiger partial charge is 1.00 e. The Morgan fingerprint density at radius 2 is 1.68 bits per heavy atom. The fourth-order valence-corrected chi connectivity index (χ4v) is 2.61. The quantitative estimate of drug-likeness (QED) is 0.528. The molecular weight excluding hydrogens is 343 g/mol. The molecule has 7 heteroatoms. The number of nitrogens with two attached hydrogens (primary N) is 2. The van der Waals surface area contributed by atoms with Crippen molar-refractivity contribution in [3.63, 3.8) is 0 Å². The van der Waals surface area contributed by atoms with E-state index in [-0.39, 0.29) is 37.2 Å². The highest BCUT2D eigenvalue weighted by Gasteiger charge is 2.23. The van der Waals surface area contributed by atoms with Gasteiger partial charge in [-0.2, -0.15) is 0 Å². The predicted molar refractivity (Wildman–Crippen MR) is 96.4 cm³/mol. The number of anilines is 2.